The average molecular weight is 286 g/mol. The van der Waals surface area contributed by atoms with Crippen molar-refractivity contribution in [3.63, 3.8) is 0 Å². The van der Waals surface area contributed by atoms with E-state index in [0.29, 0.717) is 10.2 Å². The van der Waals surface area contributed by atoms with E-state index < -0.39 is 0 Å². The second kappa shape index (κ2) is 4.88. The van der Waals surface area contributed by atoms with E-state index in [1.165, 1.54) is 6.07 Å². The lowest BCUT2D eigenvalue weighted by molar-refractivity contribution is -0.386. The summed E-state index contributed by atoms with van der Waals surface area (Å²) in [4.78, 5) is 14.7. The number of nitrogens with one attached hydrogen (secondary N) is 1. The monoisotopic (exact) mass is 285 g/mol. The third-order valence-corrected chi connectivity index (χ3v) is 3.13. The van der Waals surface area contributed by atoms with Crippen molar-refractivity contribution in [2.24, 2.45) is 0 Å². The third-order valence-electron chi connectivity index (χ3n) is 2.70. The topological polar surface area (TPSA) is 68.1 Å². The van der Waals surface area contributed by atoms with Gasteiger partial charge in [-0.3, -0.25) is 15.1 Å². The molecule has 86 valence electrons. The summed E-state index contributed by atoms with van der Waals surface area (Å²) in [6.07, 6.45) is 4.74. The number of hydrogen-bond acceptors (Lipinski definition) is 4. The fourth-order valence-electron chi connectivity index (χ4n) is 1.94. The van der Waals surface area contributed by atoms with Crippen LogP contribution in [0.2, 0.25) is 0 Å². The Morgan fingerprint density at radius 3 is 3.00 bits per heavy atom. The van der Waals surface area contributed by atoms with Gasteiger partial charge in [-0.1, -0.05) is 6.42 Å². The number of aromatic nitrogens is 1. The molecule has 1 atom stereocenters. The molecule has 16 heavy (non-hydrogen) atoms. The van der Waals surface area contributed by atoms with Gasteiger partial charge in [-0.05, 0) is 35.3 Å². The summed E-state index contributed by atoms with van der Waals surface area (Å²) in [5.74, 6) is 0. The van der Waals surface area contributed by atoms with Crippen LogP contribution in [0.5, 0.6) is 0 Å². The molecule has 0 bridgehead atoms. The van der Waals surface area contributed by atoms with Gasteiger partial charge in [0, 0.05) is 16.7 Å². The molecule has 2 heterocycles. The maximum atomic E-state index is 10.9. The summed E-state index contributed by atoms with van der Waals surface area (Å²) < 4.78 is 0.638. The quantitative estimate of drug-likeness (QED) is 0.670. The molecule has 0 saturated carbocycles. The summed E-state index contributed by atoms with van der Waals surface area (Å²) in [6.45, 7) is 0.902. The van der Waals surface area contributed by atoms with E-state index in [4.69, 9.17) is 0 Å². The van der Waals surface area contributed by atoms with Gasteiger partial charge in [-0.15, -0.1) is 0 Å². The highest BCUT2D eigenvalue weighted by Crippen LogP contribution is 2.30. The predicted molar refractivity (Wildman–Crippen MR) is 63.2 cm³/mol. The molecule has 1 N–H and O–H groups in total. The minimum atomic E-state index is -0.372. The minimum Gasteiger partial charge on any atom is -0.308 e. The van der Waals surface area contributed by atoms with Crippen LogP contribution in [0.25, 0.3) is 0 Å². The normalized spacial score (nSPS) is 20.7. The standard InChI is InChI=1S/C10H12BrN3O2/c11-7-5-9(14(15)16)10(13-6-7)8-3-1-2-4-12-8/h5-6,8,12H,1-4H2. The largest absolute Gasteiger partial charge is 0.308 e. The number of piperidine rings is 1. The van der Waals surface area contributed by atoms with E-state index in [2.05, 4.69) is 26.2 Å². The molecule has 0 aliphatic carbocycles. The third kappa shape index (κ3) is 2.38. The van der Waals surface area contributed by atoms with Gasteiger partial charge < -0.3 is 5.32 Å². The molecule has 6 heteroatoms. The Bertz CT molecular complexity index is 405. The van der Waals surface area contributed by atoms with E-state index in [9.17, 15) is 10.1 Å². The highest BCUT2D eigenvalue weighted by atomic mass is 79.9. The van der Waals surface area contributed by atoms with Gasteiger partial charge in [0.05, 0.1) is 11.0 Å². The summed E-state index contributed by atoms with van der Waals surface area (Å²) in [7, 11) is 0. The molecule has 1 fully saturated rings. The number of nitrogens with zero attached hydrogens (tertiary/aromatic N) is 2. The zero-order chi connectivity index (χ0) is 11.5. The van der Waals surface area contributed by atoms with Crippen LogP contribution in [-0.4, -0.2) is 16.5 Å². The van der Waals surface area contributed by atoms with E-state index in [0.717, 1.165) is 25.8 Å². The van der Waals surface area contributed by atoms with Gasteiger partial charge >= 0.3 is 0 Å². The highest BCUT2D eigenvalue weighted by molar-refractivity contribution is 9.10. The fraction of sp³-hybridized carbons (Fsp3) is 0.500. The second-order valence-electron chi connectivity index (χ2n) is 3.82. The van der Waals surface area contributed by atoms with Crippen molar-refractivity contribution >= 4 is 21.6 Å². The van der Waals surface area contributed by atoms with Crippen molar-refractivity contribution in [3.8, 4) is 0 Å². The van der Waals surface area contributed by atoms with Crippen molar-refractivity contribution in [2.75, 3.05) is 6.54 Å². The van der Waals surface area contributed by atoms with Crippen LogP contribution in [0, 0.1) is 10.1 Å². The maximum absolute atomic E-state index is 10.9. The van der Waals surface area contributed by atoms with Crippen LogP contribution in [0.3, 0.4) is 0 Å². The van der Waals surface area contributed by atoms with Crippen LogP contribution < -0.4 is 5.32 Å². The first-order chi connectivity index (χ1) is 7.68. The second-order valence-corrected chi connectivity index (χ2v) is 4.73. The Kier molecular flexibility index (Phi) is 3.50. The minimum absolute atomic E-state index is 0.0160. The van der Waals surface area contributed by atoms with Crippen molar-refractivity contribution in [2.45, 2.75) is 25.3 Å². The van der Waals surface area contributed by atoms with Crippen LogP contribution in [-0.2, 0) is 0 Å². The molecule has 1 unspecified atom stereocenters. The van der Waals surface area contributed by atoms with Crippen molar-refractivity contribution in [1.29, 1.82) is 0 Å². The molecule has 0 spiro atoms. The van der Waals surface area contributed by atoms with E-state index >= 15 is 0 Å². The molecule has 1 aromatic heterocycles. The lowest BCUT2D eigenvalue weighted by atomic mass is 10.0. The molecular weight excluding hydrogens is 274 g/mol. The van der Waals surface area contributed by atoms with E-state index in [1.54, 1.807) is 6.20 Å². The lowest BCUT2D eigenvalue weighted by Crippen LogP contribution is -2.28. The summed E-state index contributed by atoms with van der Waals surface area (Å²) >= 11 is 3.20. The molecule has 1 saturated heterocycles. The summed E-state index contributed by atoms with van der Waals surface area (Å²) in [6, 6.07) is 1.53. The molecule has 0 amide bonds. The molecule has 2 rings (SSSR count). The number of pyridine rings is 1. The van der Waals surface area contributed by atoms with Crippen LogP contribution in [0.15, 0.2) is 16.7 Å². The van der Waals surface area contributed by atoms with Gasteiger partial charge in [0.1, 0.15) is 5.69 Å². The molecule has 0 radical (unpaired) electrons. The van der Waals surface area contributed by atoms with E-state index in [-0.39, 0.29) is 16.7 Å². The van der Waals surface area contributed by atoms with Crippen LogP contribution >= 0.6 is 15.9 Å². The van der Waals surface area contributed by atoms with Crippen LogP contribution in [0.4, 0.5) is 5.69 Å². The van der Waals surface area contributed by atoms with Crippen molar-refractivity contribution in [1.82, 2.24) is 10.3 Å². The Labute approximate surface area is 102 Å². The zero-order valence-corrected chi connectivity index (χ0v) is 10.2. The van der Waals surface area contributed by atoms with Gasteiger partial charge in [-0.25, -0.2) is 0 Å². The smallest absolute Gasteiger partial charge is 0.293 e. The Morgan fingerprint density at radius 2 is 2.38 bits per heavy atom. The molecule has 1 aliphatic heterocycles. The SMILES string of the molecule is O=[N+]([O-])c1cc(Br)cnc1C1CCCCN1. The first-order valence-corrected chi connectivity index (χ1v) is 6.01. The van der Waals surface area contributed by atoms with Gasteiger partial charge in [0.2, 0.25) is 0 Å². The Morgan fingerprint density at radius 1 is 1.56 bits per heavy atom. The average Bonchev–Trinajstić information content (AvgIpc) is 2.30. The first kappa shape index (κ1) is 11.5. The van der Waals surface area contributed by atoms with Gasteiger partial charge in [-0.2, -0.15) is 0 Å². The number of halogens is 1. The first-order valence-electron chi connectivity index (χ1n) is 5.21. The molecule has 5 nitrogen and oxygen atoms in total. The van der Waals surface area contributed by atoms with Crippen LogP contribution in [0.1, 0.15) is 31.0 Å². The number of hydrogen-bond donors (Lipinski definition) is 1. The van der Waals surface area contributed by atoms with Gasteiger partial charge in [0.25, 0.3) is 5.69 Å². The van der Waals surface area contributed by atoms with Crippen molar-refractivity contribution in [3.05, 3.63) is 32.5 Å². The summed E-state index contributed by atoms with van der Waals surface area (Å²) in [5.41, 5.74) is 0.640. The van der Waals surface area contributed by atoms with Crippen molar-refractivity contribution < 1.29 is 4.92 Å². The molecule has 0 aromatic carbocycles. The lowest BCUT2D eigenvalue weighted by Gasteiger charge is -2.22. The highest BCUT2D eigenvalue weighted by Gasteiger charge is 2.25. The Balaban J connectivity index is 2.34. The number of nitro groups is 1. The van der Waals surface area contributed by atoms with Gasteiger partial charge in [0.15, 0.2) is 0 Å². The number of rotatable bonds is 2. The Hall–Kier alpha value is -1.01. The molecule has 1 aliphatic rings. The molecular formula is C10H12BrN3O2. The fourth-order valence-corrected chi connectivity index (χ4v) is 2.26. The summed E-state index contributed by atoms with van der Waals surface area (Å²) in [5, 5.41) is 14.2. The van der Waals surface area contributed by atoms with E-state index in [1.807, 2.05) is 0 Å². The zero-order valence-electron chi connectivity index (χ0n) is 8.65. The predicted octanol–water partition coefficient (Wildman–Crippen LogP) is 2.57. The maximum Gasteiger partial charge on any atom is 0.293 e. The molecule has 1 aromatic rings.